The molecule has 2 atom stereocenters. The molecular formula is C16H26ClNO2. The van der Waals surface area contributed by atoms with Crippen LogP contribution in [0.5, 0.6) is 5.75 Å². The third-order valence-corrected chi connectivity index (χ3v) is 3.58. The molecule has 1 rings (SSSR count). The Morgan fingerprint density at radius 3 is 2.40 bits per heavy atom. The van der Waals surface area contributed by atoms with Gasteiger partial charge < -0.3 is 14.8 Å². The Kier molecular flexibility index (Phi) is 6.31. The van der Waals surface area contributed by atoms with Crippen LogP contribution in [0.25, 0.3) is 0 Å². The molecular weight excluding hydrogens is 274 g/mol. The fourth-order valence-corrected chi connectivity index (χ4v) is 2.62. The fourth-order valence-electron chi connectivity index (χ4n) is 2.44. The predicted octanol–water partition coefficient (Wildman–Crippen LogP) is 4.06. The highest BCUT2D eigenvalue weighted by atomic mass is 35.5. The van der Waals surface area contributed by atoms with Gasteiger partial charge in [-0.3, -0.25) is 0 Å². The van der Waals surface area contributed by atoms with Gasteiger partial charge in [0.15, 0.2) is 0 Å². The summed E-state index contributed by atoms with van der Waals surface area (Å²) in [7, 11) is 3.61. The van der Waals surface area contributed by atoms with Crippen molar-refractivity contribution in [2.75, 3.05) is 20.8 Å². The summed E-state index contributed by atoms with van der Waals surface area (Å²) in [5.74, 6) is 0.822. The van der Waals surface area contributed by atoms with E-state index < -0.39 is 0 Å². The maximum Gasteiger partial charge on any atom is 0.123 e. The summed E-state index contributed by atoms with van der Waals surface area (Å²) in [6.45, 7) is 9.21. The highest BCUT2D eigenvalue weighted by molar-refractivity contribution is 6.30. The number of benzene rings is 1. The van der Waals surface area contributed by atoms with Crippen LogP contribution in [0.1, 0.15) is 39.3 Å². The number of nitrogens with one attached hydrogen (secondary N) is 1. The molecule has 0 amide bonds. The molecule has 0 saturated carbocycles. The third-order valence-electron chi connectivity index (χ3n) is 3.34. The summed E-state index contributed by atoms with van der Waals surface area (Å²) < 4.78 is 11.5. The van der Waals surface area contributed by atoms with Gasteiger partial charge in [-0.1, -0.05) is 32.4 Å². The van der Waals surface area contributed by atoms with E-state index in [2.05, 4.69) is 26.1 Å². The van der Waals surface area contributed by atoms with Crippen LogP contribution < -0.4 is 10.1 Å². The van der Waals surface area contributed by atoms with E-state index in [1.807, 2.05) is 32.2 Å². The van der Waals surface area contributed by atoms with E-state index in [9.17, 15) is 0 Å². The Morgan fingerprint density at radius 1 is 1.30 bits per heavy atom. The van der Waals surface area contributed by atoms with Crippen molar-refractivity contribution in [3.63, 3.8) is 0 Å². The normalized spacial score (nSPS) is 14.9. The zero-order valence-corrected chi connectivity index (χ0v) is 14.0. The Labute approximate surface area is 127 Å². The van der Waals surface area contributed by atoms with Crippen LogP contribution in [0.2, 0.25) is 5.02 Å². The number of hydrogen-bond acceptors (Lipinski definition) is 3. The second kappa shape index (κ2) is 7.30. The lowest BCUT2D eigenvalue weighted by molar-refractivity contribution is -0.0354. The van der Waals surface area contributed by atoms with Gasteiger partial charge >= 0.3 is 0 Å². The van der Waals surface area contributed by atoms with Gasteiger partial charge in [-0.15, -0.1) is 0 Å². The lowest BCUT2D eigenvalue weighted by Gasteiger charge is -2.37. The molecule has 0 heterocycles. The van der Waals surface area contributed by atoms with Crippen molar-refractivity contribution >= 4 is 11.6 Å². The van der Waals surface area contributed by atoms with E-state index in [-0.39, 0.29) is 17.6 Å². The van der Waals surface area contributed by atoms with Gasteiger partial charge in [-0.05, 0) is 37.6 Å². The molecule has 0 fully saturated rings. The minimum atomic E-state index is -0.00296. The molecule has 4 heteroatoms. The molecule has 0 spiro atoms. The third kappa shape index (κ3) is 4.11. The molecule has 0 aliphatic heterocycles. The molecule has 1 aromatic carbocycles. The molecule has 20 heavy (non-hydrogen) atoms. The minimum absolute atomic E-state index is 0.00296. The van der Waals surface area contributed by atoms with Crippen LogP contribution in [-0.2, 0) is 4.74 Å². The zero-order chi connectivity index (χ0) is 15.3. The zero-order valence-electron chi connectivity index (χ0n) is 13.3. The van der Waals surface area contributed by atoms with Crippen LogP contribution in [0.4, 0.5) is 0 Å². The van der Waals surface area contributed by atoms with Crippen LogP contribution >= 0.6 is 11.6 Å². The van der Waals surface area contributed by atoms with Crippen LogP contribution in [-0.4, -0.2) is 26.9 Å². The van der Waals surface area contributed by atoms with Crippen molar-refractivity contribution in [2.45, 2.75) is 39.8 Å². The maximum atomic E-state index is 6.15. The fraction of sp³-hybridized carbons (Fsp3) is 0.625. The largest absolute Gasteiger partial charge is 0.496 e. The Bertz CT molecular complexity index is 429. The molecule has 1 aromatic rings. The Morgan fingerprint density at radius 2 is 1.95 bits per heavy atom. The summed E-state index contributed by atoms with van der Waals surface area (Å²) in [5, 5.41) is 4.05. The molecule has 0 aliphatic carbocycles. The maximum absolute atomic E-state index is 6.15. The molecule has 2 unspecified atom stereocenters. The van der Waals surface area contributed by atoms with Crippen molar-refractivity contribution in [1.82, 2.24) is 5.32 Å². The molecule has 0 aromatic heterocycles. The van der Waals surface area contributed by atoms with Gasteiger partial charge in [0.05, 0.1) is 19.3 Å². The standard InChI is InChI=1S/C16H26ClNO2/c1-7-20-15(16(2,3)4)14(18-5)12-10-11(17)8-9-13(12)19-6/h8-10,14-15,18H,7H2,1-6H3. The number of ether oxygens (including phenoxy) is 2. The number of halogens is 1. The number of hydrogen-bond donors (Lipinski definition) is 1. The van der Waals surface area contributed by atoms with Gasteiger partial charge in [0, 0.05) is 17.2 Å². The second-order valence-electron chi connectivity index (χ2n) is 5.89. The average Bonchev–Trinajstić information content (AvgIpc) is 2.38. The van der Waals surface area contributed by atoms with Gasteiger partial charge in [-0.25, -0.2) is 0 Å². The first-order valence-corrected chi connectivity index (χ1v) is 7.35. The van der Waals surface area contributed by atoms with Crippen LogP contribution in [0, 0.1) is 5.41 Å². The predicted molar refractivity (Wildman–Crippen MR) is 84.7 cm³/mol. The topological polar surface area (TPSA) is 30.5 Å². The van der Waals surface area contributed by atoms with E-state index in [1.165, 1.54) is 0 Å². The van der Waals surface area contributed by atoms with E-state index in [4.69, 9.17) is 21.1 Å². The van der Waals surface area contributed by atoms with Crippen molar-refractivity contribution in [3.05, 3.63) is 28.8 Å². The molecule has 0 radical (unpaired) electrons. The quantitative estimate of drug-likeness (QED) is 0.859. The summed E-state index contributed by atoms with van der Waals surface area (Å²) in [6.07, 6.45) is 0.0184. The van der Waals surface area contributed by atoms with Crippen LogP contribution in [0.3, 0.4) is 0 Å². The summed E-state index contributed by atoms with van der Waals surface area (Å²) in [4.78, 5) is 0. The number of rotatable bonds is 6. The highest BCUT2D eigenvalue weighted by Crippen LogP contribution is 2.37. The first-order valence-electron chi connectivity index (χ1n) is 6.97. The average molecular weight is 300 g/mol. The van der Waals surface area contributed by atoms with Crippen molar-refractivity contribution < 1.29 is 9.47 Å². The summed E-state index contributed by atoms with van der Waals surface area (Å²) >= 11 is 6.15. The number of methoxy groups -OCH3 is 1. The smallest absolute Gasteiger partial charge is 0.123 e. The first-order chi connectivity index (χ1) is 9.35. The van der Waals surface area contributed by atoms with E-state index in [0.717, 1.165) is 11.3 Å². The van der Waals surface area contributed by atoms with Crippen molar-refractivity contribution in [1.29, 1.82) is 0 Å². The molecule has 3 nitrogen and oxygen atoms in total. The molecule has 0 bridgehead atoms. The summed E-state index contributed by atoms with van der Waals surface area (Å²) in [5.41, 5.74) is 1.02. The van der Waals surface area contributed by atoms with E-state index in [0.29, 0.717) is 11.6 Å². The van der Waals surface area contributed by atoms with E-state index >= 15 is 0 Å². The first kappa shape index (κ1) is 17.3. The van der Waals surface area contributed by atoms with Gasteiger partial charge in [-0.2, -0.15) is 0 Å². The molecule has 114 valence electrons. The molecule has 0 saturated heterocycles. The van der Waals surface area contributed by atoms with Gasteiger partial charge in [0.1, 0.15) is 5.75 Å². The van der Waals surface area contributed by atoms with Gasteiger partial charge in [0.25, 0.3) is 0 Å². The Hall–Kier alpha value is -0.770. The number of likely N-dealkylation sites (N-methyl/N-ethyl adjacent to an activating group) is 1. The lowest BCUT2D eigenvalue weighted by atomic mass is 9.81. The van der Waals surface area contributed by atoms with E-state index in [1.54, 1.807) is 7.11 Å². The Balaban J connectivity index is 3.25. The van der Waals surface area contributed by atoms with Crippen LogP contribution in [0.15, 0.2) is 18.2 Å². The van der Waals surface area contributed by atoms with Gasteiger partial charge in [0.2, 0.25) is 0 Å². The lowest BCUT2D eigenvalue weighted by Crippen LogP contribution is -2.41. The summed E-state index contributed by atoms with van der Waals surface area (Å²) in [6, 6.07) is 5.69. The second-order valence-corrected chi connectivity index (χ2v) is 6.33. The van der Waals surface area contributed by atoms with Crippen molar-refractivity contribution in [2.24, 2.45) is 5.41 Å². The molecule has 1 N–H and O–H groups in total. The molecule has 0 aliphatic rings. The SMILES string of the molecule is CCOC(C(NC)c1cc(Cl)ccc1OC)C(C)(C)C. The van der Waals surface area contributed by atoms with Crippen molar-refractivity contribution in [3.8, 4) is 5.75 Å². The highest BCUT2D eigenvalue weighted by Gasteiger charge is 2.34. The minimum Gasteiger partial charge on any atom is -0.496 e. The monoisotopic (exact) mass is 299 g/mol.